The zero-order chi connectivity index (χ0) is 18.2. The minimum atomic E-state index is 0.0784. The van der Waals surface area contributed by atoms with Gasteiger partial charge in [-0.25, -0.2) is 0 Å². The maximum Gasteiger partial charge on any atom is 0.171 e. The average Bonchev–Trinajstić information content (AvgIpc) is 2.53. The van der Waals surface area contributed by atoms with Gasteiger partial charge in [-0.15, -0.1) is 0 Å². The van der Waals surface area contributed by atoms with Crippen LogP contribution in [0.2, 0.25) is 0 Å². The van der Waals surface area contributed by atoms with E-state index >= 15 is 0 Å². The van der Waals surface area contributed by atoms with Crippen molar-refractivity contribution in [2.45, 2.75) is 39.8 Å². The third-order valence-electron chi connectivity index (χ3n) is 3.42. The Bertz CT molecular complexity index is 704. The summed E-state index contributed by atoms with van der Waals surface area (Å²) in [5, 5.41) is 6.97. The molecule has 0 aliphatic rings. The molecular formula is C20H26N2O2S. The van der Waals surface area contributed by atoms with Gasteiger partial charge in [0, 0.05) is 11.8 Å². The van der Waals surface area contributed by atoms with Crippen molar-refractivity contribution in [1.82, 2.24) is 5.32 Å². The fourth-order valence-corrected chi connectivity index (χ4v) is 2.60. The number of anilines is 1. The number of hydrogen-bond acceptors (Lipinski definition) is 3. The molecule has 0 amide bonds. The van der Waals surface area contributed by atoms with Crippen LogP contribution in [-0.4, -0.2) is 23.9 Å². The highest BCUT2D eigenvalue weighted by Gasteiger charge is 2.07. The third kappa shape index (κ3) is 6.63. The second-order valence-electron chi connectivity index (χ2n) is 6.27. The van der Waals surface area contributed by atoms with Crippen molar-refractivity contribution in [3.63, 3.8) is 0 Å². The number of thiocarbonyl (C=S) groups is 1. The van der Waals surface area contributed by atoms with Crippen LogP contribution in [0.1, 0.15) is 26.3 Å². The van der Waals surface area contributed by atoms with Crippen LogP contribution in [0.15, 0.2) is 48.5 Å². The lowest BCUT2D eigenvalue weighted by atomic mass is 10.2. The van der Waals surface area contributed by atoms with E-state index in [0.29, 0.717) is 11.7 Å². The smallest absolute Gasteiger partial charge is 0.171 e. The summed E-state index contributed by atoms with van der Waals surface area (Å²) < 4.78 is 11.5. The van der Waals surface area contributed by atoms with E-state index in [1.165, 1.54) is 0 Å². The molecule has 25 heavy (non-hydrogen) atoms. The lowest BCUT2D eigenvalue weighted by Crippen LogP contribution is -2.39. The molecular weight excluding hydrogens is 332 g/mol. The molecule has 0 spiro atoms. The first-order valence-electron chi connectivity index (χ1n) is 8.46. The van der Waals surface area contributed by atoms with Crippen LogP contribution in [0.4, 0.5) is 5.69 Å². The van der Waals surface area contributed by atoms with E-state index < -0.39 is 0 Å². The van der Waals surface area contributed by atoms with Crippen molar-refractivity contribution in [2.24, 2.45) is 0 Å². The molecule has 0 aliphatic heterocycles. The number of nitrogens with one attached hydrogen (secondary N) is 2. The maximum atomic E-state index is 5.84. The Balaban J connectivity index is 1.82. The number of ether oxygens (including phenoxy) is 2. The summed E-state index contributed by atoms with van der Waals surface area (Å²) in [7, 11) is 0. The highest BCUT2D eigenvalue weighted by Crippen LogP contribution is 2.19. The number of aryl methyl sites for hydroxylation is 1. The minimum Gasteiger partial charge on any atom is -0.491 e. The summed E-state index contributed by atoms with van der Waals surface area (Å²) in [6.07, 6.45) is 0.138. The van der Waals surface area contributed by atoms with Crippen LogP contribution in [0, 0.1) is 6.92 Å². The number of para-hydroxylation sites is 1. The summed E-state index contributed by atoms with van der Waals surface area (Å²) in [6, 6.07) is 15.8. The van der Waals surface area contributed by atoms with E-state index in [1.54, 1.807) is 0 Å². The summed E-state index contributed by atoms with van der Waals surface area (Å²) >= 11 is 5.38. The minimum absolute atomic E-state index is 0.0784. The molecule has 0 heterocycles. The first-order valence-corrected chi connectivity index (χ1v) is 8.87. The fraction of sp³-hybridized carbons (Fsp3) is 0.350. The van der Waals surface area contributed by atoms with Crippen molar-refractivity contribution < 1.29 is 9.47 Å². The monoisotopic (exact) mass is 358 g/mol. The average molecular weight is 359 g/mol. The van der Waals surface area contributed by atoms with Gasteiger partial charge in [0.05, 0.1) is 12.1 Å². The van der Waals surface area contributed by atoms with Gasteiger partial charge >= 0.3 is 0 Å². The largest absolute Gasteiger partial charge is 0.491 e. The van der Waals surface area contributed by atoms with Gasteiger partial charge in [0.15, 0.2) is 5.11 Å². The predicted octanol–water partition coefficient (Wildman–Crippen LogP) is 4.54. The quantitative estimate of drug-likeness (QED) is 0.712. The highest BCUT2D eigenvalue weighted by atomic mass is 32.1. The van der Waals surface area contributed by atoms with Crippen LogP contribution in [-0.2, 0) is 0 Å². The standard InChI is InChI=1S/C20H26N2O2S/c1-14(2)24-18-10-7-9-17(12-18)22-20(25)21-16(4)13-23-19-11-6-5-8-15(19)3/h5-12,14,16H,13H2,1-4H3,(H2,21,22,25)/t16-/m0/s1. The second kappa shape index (κ2) is 9.28. The van der Waals surface area contributed by atoms with Crippen LogP contribution >= 0.6 is 12.2 Å². The normalized spacial score (nSPS) is 11.7. The number of rotatable bonds is 7. The van der Waals surface area contributed by atoms with Crippen LogP contribution < -0.4 is 20.1 Å². The Kier molecular flexibility index (Phi) is 7.07. The van der Waals surface area contributed by atoms with Crippen molar-refractivity contribution in [3.8, 4) is 11.5 Å². The fourth-order valence-electron chi connectivity index (χ4n) is 2.29. The predicted molar refractivity (Wildman–Crippen MR) is 108 cm³/mol. The molecule has 4 nitrogen and oxygen atoms in total. The molecule has 0 fully saturated rings. The first-order chi connectivity index (χ1) is 11.9. The number of benzene rings is 2. The maximum absolute atomic E-state index is 5.84. The van der Waals surface area contributed by atoms with Crippen molar-refractivity contribution >= 4 is 23.0 Å². The summed E-state index contributed by atoms with van der Waals surface area (Å²) in [4.78, 5) is 0. The molecule has 134 valence electrons. The molecule has 0 saturated carbocycles. The second-order valence-corrected chi connectivity index (χ2v) is 6.68. The van der Waals surface area contributed by atoms with Gasteiger partial charge in [-0.05, 0) is 63.7 Å². The summed E-state index contributed by atoms with van der Waals surface area (Å²) in [5.74, 6) is 1.72. The SMILES string of the molecule is Cc1ccccc1OC[C@H](C)NC(=S)Nc1cccc(OC(C)C)c1. The Morgan fingerprint density at radius 3 is 2.56 bits per heavy atom. The van der Waals surface area contributed by atoms with Crippen molar-refractivity contribution in [2.75, 3.05) is 11.9 Å². The molecule has 2 rings (SSSR count). The Labute approximate surface area is 155 Å². The van der Waals surface area contributed by atoms with Crippen molar-refractivity contribution in [3.05, 3.63) is 54.1 Å². The van der Waals surface area contributed by atoms with Crippen LogP contribution in [0.3, 0.4) is 0 Å². The van der Waals surface area contributed by atoms with E-state index in [-0.39, 0.29) is 12.1 Å². The molecule has 0 saturated heterocycles. The van der Waals surface area contributed by atoms with Gasteiger partial charge in [-0.3, -0.25) is 0 Å². The van der Waals surface area contributed by atoms with Crippen molar-refractivity contribution in [1.29, 1.82) is 0 Å². The van der Waals surface area contributed by atoms with Gasteiger partial charge in [0.2, 0.25) is 0 Å². The molecule has 0 unspecified atom stereocenters. The van der Waals surface area contributed by atoms with Gasteiger partial charge in [-0.2, -0.15) is 0 Å². The first kappa shape index (κ1) is 19.1. The highest BCUT2D eigenvalue weighted by molar-refractivity contribution is 7.80. The lowest BCUT2D eigenvalue weighted by Gasteiger charge is -2.19. The molecule has 2 N–H and O–H groups in total. The van der Waals surface area contributed by atoms with E-state index in [1.807, 2.05) is 76.2 Å². The van der Waals surface area contributed by atoms with Crippen LogP contribution in [0.25, 0.3) is 0 Å². The van der Waals surface area contributed by atoms with Crippen LogP contribution in [0.5, 0.6) is 11.5 Å². The molecule has 0 aliphatic carbocycles. The molecule has 1 atom stereocenters. The van der Waals surface area contributed by atoms with Gasteiger partial charge in [0.25, 0.3) is 0 Å². The molecule has 2 aromatic rings. The Hall–Kier alpha value is -2.27. The molecule has 0 bridgehead atoms. The zero-order valence-electron chi connectivity index (χ0n) is 15.2. The molecule has 0 radical (unpaired) electrons. The van der Waals surface area contributed by atoms with E-state index in [2.05, 4.69) is 10.6 Å². The zero-order valence-corrected chi connectivity index (χ0v) is 16.0. The molecule has 5 heteroatoms. The molecule has 2 aromatic carbocycles. The van der Waals surface area contributed by atoms with Gasteiger partial charge in [-0.1, -0.05) is 24.3 Å². The Morgan fingerprint density at radius 1 is 1.08 bits per heavy atom. The Morgan fingerprint density at radius 2 is 1.84 bits per heavy atom. The van der Waals surface area contributed by atoms with E-state index in [4.69, 9.17) is 21.7 Å². The van der Waals surface area contributed by atoms with E-state index in [9.17, 15) is 0 Å². The van der Waals surface area contributed by atoms with Gasteiger partial charge in [0.1, 0.15) is 18.1 Å². The summed E-state index contributed by atoms with van der Waals surface area (Å²) in [6.45, 7) is 8.60. The topological polar surface area (TPSA) is 42.5 Å². The molecule has 0 aromatic heterocycles. The summed E-state index contributed by atoms with van der Waals surface area (Å²) in [5.41, 5.74) is 2.01. The third-order valence-corrected chi connectivity index (χ3v) is 3.64. The lowest BCUT2D eigenvalue weighted by molar-refractivity contribution is 0.242. The van der Waals surface area contributed by atoms with E-state index in [0.717, 1.165) is 22.7 Å². The number of hydrogen-bond donors (Lipinski definition) is 2. The van der Waals surface area contributed by atoms with Gasteiger partial charge < -0.3 is 20.1 Å².